The third kappa shape index (κ3) is 4.19. The first-order chi connectivity index (χ1) is 11.6. The number of carbonyl (C=O) groups excluding carboxylic acids is 1. The van der Waals surface area contributed by atoms with Crippen LogP contribution in [-0.4, -0.2) is 25.8 Å². The first-order valence-electron chi connectivity index (χ1n) is 7.06. The van der Waals surface area contributed by atoms with Crippen molar-refractivity contribution in [2.24, 2.45) is 5.16 Å². The van der Waals surface area contributed by atoms with Gasteiger partial charge >= 0.3 is 0 Å². The summed E-state index contributed by atoms with van der Waals surface area (Å²) in [5.41, 5.74) is 1.50. The van der Waals surface area contributed by atoms with Gasteiger partial charge in [0.1, 0.15) is 13.7 Å². The normalized spacial score (nSPS) is 11.1. The second kappa shape index (κ2) is 8.57. The topological polar surface area (TPSA) is 59.9 Å². The van der Waals surface area contributed by atoms with Crippen molar-refractivity contribution in [1.82, 2.24) is 5.32 Å². The van der Waals surface area contributed by atoms with E-state index in [4.69, 9.17) is 32.8 Å². The Labute approximate surface area is 150 Å². The van der Waals surface area contributed by atoms with Crippen LogP contribution in [0.2, 0.25) is 10.0 Å². The molecule has 24 heavy (non-hydrogen) atoms. The van der Waals surface area contributed by atoms with Crippen LogP contribution >= 0.6 is 23.2 Å². The van der Waals surface area contributed by atoms with Gasteiger partial charge in [0.05, 0.1) is 10.0 Å². The molecular weight excluding hydrogens is 351 g/mol. The largest absolute Gasteiger partial charge is 0.486 e. The number of oxime groups is 1. The zero-order valence-electron chi connectivity index (χ0n) is 13.2. The van der Waals surface area contributed by atoms with Crippen LogP contribution in [0.25, 0.3) is 0 Å². The first-order valence-corrected chi connectivity index (χ1v) is 7.82. The van der Waals surface area contributed by atoms with E-state index < -0.39 is 0 Å². The number of benzene rings is 2. The molecule has 0 bridgehead atoms. The summed E-state index contributed by atoms with van der Waals surface area (Å²) < 4.78 is 5.74. The van der Waals surface area contributed by atoms with Crippen LogP contribution in [0.5, 0.6) is 5.75 Å². The maximum absolute atomic E-state index is 12.0. The minimum atomic E-state index is -0.361. The number of nitrogens with one attached hydrogen (secondary N) is 1. The summed E-state index contributed by atoms with van der Waals surface area (Å²) in [6, 6.07) is 12.3. The lowest BCUT2D eigenvalue weighted by molar-refractivity contribution is -0.114. The van der Waals surface area contributed by atoms with E-state index in [2.05, 4.69) is 10.5 Å². The van der Waals surface area contributed by atoms with Crippen molar-refractivity contribution in [1.29, 1.82) is 0 Å². The van der Waals surface area contributed by atoms with Crippen molar-refractivity contribution in [3.63, 3.8) is 0 Å². The summed E-state index contributed by atoms with van der Waals surface area (Å²) in [7, 11) is 2.90. The number of likely N-dealkylation sites (N-methyl/N-ethyl adjacent to an activating group) is 1. The standard InChI is InChI=1S/C17H16Cl2N2O3/c1-20-17(22)15(21-23-2)12-7-4-3-6-11(12)10-24-16-13(18)8-5-9-14(16)19/h3-9H,10H2,1-2H3,(H,20,22)/b21-15+. The van der Waals surface area contributed by atoms with Crippen LogP contribution in [0.15, 0.2) is 47.6 Å². The molecular formula is C17H16Cl2N2O3. The monoisotopic (exact) mass is 366 g/mol. The van der Waals surface area contributed by atoms with Crippen LogP contribution in [0.1, 0.15) is 11.1 Å². The van der Waals surface area contributed by atoms with Crippen molar-refractivity contribution in [2.45, 2.75) is 6.61 Å². The molecule has 0 aliphatic rings. The summed E-state index contributed by atoms with van der Waals surface area (Å²) in [5, 5.41) is 7.18. The fourth-order valence-corrected chi connectivity index (χ4v) is 2.58. The molecule has 0 heterocycles. The van der Waals surface area contributed by atoms with Gasteiger partial charge in [-0.25, -0.2) is 0 Å². The lowest BCUT2D eigenvalue weighted by atomic mass is 10.0. The second-order valence-electron chi connectivity index (χ2n) is 4.70. The highest BCUT2D eigenvalue weighted by Gasteiger charge is 2.18. The van der Waals surface area contributed by atoms with Crippen molar-refractivity contribution in [3.8, 4) is 5.75 Å². The molecule has 0 spiro atoms. The number of ether oxygens (including phenoxy) is 1. The molecule has 0 atom stereocenters. The molecule has 0 radical (unpaired) electrons. The van der Waals surface area contributed by atoms with Gasteiger partial charge in [0.15, 0.2) is 11.5 Å². The summed E-state index contributed by atoms with van der Waals surface area (Å²) in [6.07, 6.45) is 0. The maximum atomic E-state index is 12.0. The number of nitrogens with zero attached hydrogens (tertiary/aromatic N) is 1. The number of rotatable bonds is 6. The molecule has 0 aliphatic heterocycles. The predicted octanol–water partition coefficient (Wildman–Crippen LogP) is 3.67. The molecule has 126 valence electrons. The highest BCUT2D eigenvalue weighted by atomic mass is 35.5. The van der Waals surface area contributed by atoms with Crippen LogP contribution in [-0.2, 0) is 16.2 Å². The third-order valence-corrected chi connectivity index (χ3v) is 3.78. The van der Waals surface area contributed by atoms with E-state index in [1.165, 1.54) is 14.2 Å². The minimum absolute atomic E-state index is 0.157. The molecule has 0 aliphatic carbocycles. The number of carbonyl (C=O) groups is 1. The fraction of sp³-hybridized carbons (Fsp3) is 0.176. The van der Waals surface area contributed by atoms with Crippen LogP contribution < -0.4 is 10.1 Å². The van der Waals surface area contributed by atoms with Gasteiger partial charge < -0.3 is 14.9 Å². The van der Waals surface area contributed by atoms with E-state index in [1.54, 1.807) is 30.3 Å². The Morgan fingerprint density at radius 2 is 1.79 bits per heavy atom. The molecule has 0 saturated heterocycles. The Morgan fingerprint density at radius 3 is 2.42 bits per heavy atom. The molecule has 0 unspecified atom stereocenters. The summed E-state index contributed by atoms with van der Waals surface area (Å²) in [6.45, 7) is 0.166. The molecule has 0 fully saturated rings. The Bertz CT molecular complexity index is 743. The molecule has 2 rings (SSSR count). The predicted molar refractivity (Wildman–Crippen MR) is 94.8 cm³/mol. The second-order valence-corrected chi connectivity index (χ2v) is 5.51. The van der Waals surface area contributed by atoms with Crippen LogP contribution in [0.4, 0.5) is 0 Å². The smallest absolute Gasteiger partial charge is 0.273 e. The third-order valence-electron chi connectivity index (χ3n) is 3.19. The molecule has 0 aromatic heterocycles. The Hall–Kier alpha value is -2.24. The van der Waals surface area contributed by atoms with Gasteiger partial charge in [0.2, 0.25) is 0 Å². The van der Waals surface area contributed by atoms with Crippen molar-refractivity contribution in [2.75, 3.05) is 14.2 Å². The Balaban J connectivity index is 2.32. The zero-order chi connectivity index (χ0) is 17.5. The maximum Gasteiger partial charge on any atom is 0.273 e. The van der Waals surface area contributed by atoms with Gasteiger partial charge in [-0.3, -0.25) is 4.79 Å². The zero-order valence-corrected chi connectivity index (χ0v) is 14.7. The minimum Gasteiger partial charge on any atom is -0.486 e. The number of halogens is 2. The quantitative estimate of drug-likeness (QED) is 0.626. The van der Waals surface area contributed by atoms with Crippen molar-refractivity contribution < 1.29 is 14.4 Å². The van der Waals surface area contributed by atoms with Gasteiger partial charge in [-0.05, 0) is 17.7 Å². The van der Waals surface area contributed by atoms with Gasteiger partial charge in [0, 0.05) is 12.6 Å². The van der Waals surface area contributed by atoms with Gasteiger partial charge in [0.25, 0.3) is 5.91 Å². The van der Waals surface area contributed by atoms with Crippen molar-refractivity contribution >= 4 is 34.8 Å². The molecule has 0 saturated carbocycles. The molecule has 1 amide bonds. The Morgan fingerprint density at radius 1 is 1.12 bits per heavy atom. The first kappa shape index (κ1) is 18.1. The number of hydrogen-bond donors (Lipinski definition) is 1. The number of hydrogen-bond acceptors (Lipinski definition) is 4. The Kier molecular flexibility index (Phi) is 6.46. The van der Waals surface area contributed by atoms with E-state index in [0.717, 1.165) is 5.56 Å². The molecule has 2 aromatic rings. The van der Waals surface area contributed by atoms with E-state index >= 15 is 0 Å². The fourth-order valence-electron chi connectivity index (χ4n) is 2.07. The summed E-state index contributed by atoms with van der Waals surface area (Å²) >= 11 is 12.2. The van der Waals surface area contributed by atoms with Gasteiger partial charge in [-0.1, -0.05) is 58.7 Å². The number of para-hydroxylation sites is 1. The van der Waals surface area contributed by atoms with E-state index in [1.807, 2.05) is 12.1 Å². The van der Waals surface area contributed by atoms with Crippen LogP contribution in [0, 0.1) is 0 Å². The highest BCUT2D eigenvalue weighted by molar-refractivity contribution is 6.45. The summed E-state index contributed by atoms with van der Waals surface area (Å²) in [5.74, 6) is 0.0286. The lowest BCUT2D eigenvalue weighted by Gasteiger charge is -2.13. The average molecular weight is 367 g/mol. The van der Waals surface area contributed by atoms with Gasteiger partial charge in [-0.2, -0.15) is 0 Å². The summed E-state index contributed by atoms with van der Waals surface area (Å²) in [4.78, 5) is 16.8. The van der Waals surface area contributed by atoms with Gasteiger partial charge in [-0.15, -0.1) is 0 Å². The van der Waals surface area contributed by atoms with E-state index in [-0.39, 0.29) is 18.2 Å². The SMILES string of the molecule is CNC(=O)/C(=N/OC)c1ccccc1COc1c(Cl)cccc1Cl. The lowest BCUT2D eigenvalue weighted by Crippen LogP contribution is -2.29. The molecule has 2 aromatic carbocycles. The number of amides is 1. The van der Waals surface area contributed by atoms with E-state index in [9.17, 15) is 4.79 Å². The average Bonchev–Trinajstić information content (AvgIpc) is 2.59. The highest BCUT2D eigenvalue weighted by Crippen LogP contribution is 2.33. The van der Waals surface area contributed by atoms with Crippen molar-refractivity contribution in [3.05, 3.63) is 63.6 Å². The molecule has 5 nitrogen and oxygen atoms in total. The molecule has 7 heteroatoms. The molecule has 1 N–H and O–H groups in total. The van der Waals surface area contributed by atoms with E-state index in [0.29, 0.717) is 21.4 Å². The van der Waals surface area contributed by atoms with Crippen LogP contribution in [0.3, 0.4) is 0 Å².